The van der Waals surface area contributed by atoms with Gasteiger partial charge in [-0.1, -0.05) is 18.2 Å². The summed E-state index contributed by atoms with van der Waals surface area (Å²) in [6.07, 6.45) is 7.72. The predicted molar refractivity (Wildman–Crippen MR) is 169 cm³/mol. The smallest absolute Gasteiger partial charge is 0.260 e. The molecular weight excluding hydrogens is 565 g/mol. The van der Waals surface area contributed by atoms with E-state index in [4.69, 9.17) is 9.97 Å². The molecule has 1 unspecified atom stereocenters. The highest BCUT2D eigenvalue weighted by atomic mass is 32.1. The number of rotatable bonds is 7. The molecule has 210 valence electrons. The highest BCUT2D eigenvalue weighted by molar-refractivity contribution is 7.13. The van der Waals surface area contributed by atoms with Crippen molar-refractivity contribution in [2.75, 3.05) is 18.4 Å². The van der Waals surface area contributed by atoms with E-state index in [9.17, 15) is 4.79 Å². The maximum atomic E-state index is 14.1. The summed E-state index contributed by atoms with van der Waals surface area (Å²) in [6, 6.07) is 14.2. The van der Waals surface area contributed by atoms with Gasteiger partial charge in [-0.05, 0) is 62.1 Å². The summed E-state index contributed by atoms with van der Waals surface area (Å²) in [4.78, 5) is 37.8. The van der Waals surface area contributed by atoms with Gasteiger partial charge >= 0.3 is 0 Å². The lowest BCUT2D eigenvalue weighted by atomic mass is 9.92. The molecule has 0 spiro atoms. The van der Waals surface area contributed by atoms with Crippen LogP contribution in [0, 0.1) is 6.92 Å². The minimum Gasteiger partial charge on any atom is -0.324 e. The second-order valence-electron chi connectivity index (χ2n) is 10.3. The summed E-state index contributed by atoms with van der Waals surface area (Å²) in [5, 5.41) is 10.3. The van der Waals surface area contributed by atoms with E-state index in [1.54, 1.807) is 28.7 Å². The van der Waals surface area contributed by atoms with Crippen molar-refractivity contribution in [3.63, 3.8) is 0 Å². The first kappa shape index (κ1) is 26.6. The minimum absolute atomic E-state index is 0.150. The van der Waals surface area contributed by atoms with Gasteiger partial charge in [0, 0.05) is 58.4 Å². The number of fused-ring (bicyclic) bond motifs is 1. The van der Waals surface area contributed by atoms with Crippen LogP contribution in [0.1, 0.15) is 35.0 Å². The lowest BCUT2D eigenvalue weighted by Crippen LogP contribution is -2.28. The Morgan fingerprint density at radius 2 is 1.95 bits per heavy atom. The fourth-order valence-corrected chi connectivity index (χ4v) is 6.65. The van der Waals surface area contributed by atoms with Crippen LogP contribution in [0.15, 0.2) is 76.7 Å². The van der Waals surface area contributed by atoms with Crippen molar-refractivity contribution >= 4 is 45.3 Å². The molecular formula is C31H28N8OS2. The minimum atomic E-state index is -0.150. The molecule has 1 fully saturated rings. The number of pyridine rings is 2. The summed E-state index contributed by atoms with van der Waals surface area (Å²) >= 11 is 3.04. The fraction of sp³-hybridized carbons (Fsp3) is 0.226. The third kappa shape index (κ3) is 5.34. The molecule has 7 rings (SSSR count). The number of hydrogen-bond donors (Lipinski definition) is 2. The van der Waals surface area contributed by atoms with Crippen LogP contribution >= 0.6 is 22.7 Å². The molecule has 0 amide bonds. The monoisotopic (exact) mass is 592 g/mol. The quantitative estimate of drug-likeness (QED) is 0.232. The van der Waals surface area contributed by atoms with Crippen LogP contribution < -0.4 is 16.2 Å². The number of aryl methyl sites for hydroxylation is 1. The first-order chi connectivity index (χ1) is 20.6. The van der Waals surface area contributed by atoms with Gasteiger partial charge in [0.15, 0.2) is 0 Å². The van der Waals surface area contributed by atoms with Gasteiger partial charge in [0.1, 0.15) is 10.7 Å². The standard InChI is InChI=1S/C31H28N8OS2/c1-19-24(8-9-26(36-19)27-16-33-18-42-27)25-13-22-15-35-31(38-29(22)39(30(25)40)17-28-34-11-12-41-28)37-23-6-4-20(5-7-23)21-3-2-10-32-14-21/h4-9,11-13,15-16,18,21,32H,2-3,10,14,17H2,1H3,(H,35,37,38). The molecule has 6 heterocycles. The van der Waals surface area contributed by atoms with Crippen LogP contribution in [0.5, 0.6) is 0 Å². The van der Waals surface area contributed by atoms with Gasteiger partial charge in [0.05, 0.1) is 22.6 Å². The number of benzene rings is 1. The molecule has 2 N–H and O–H groups in total. The largest absolute Gasteiger partial charge is 0.324 e. The van der Waals surface area contributed by atoms with Crippen LogP contribution in [-0.4, -0.2) is 42.6 Å². The van der Waals surface area contributed by atoms with E-state index in [0.29, 0.717) is 29.6 Å². The number of anilines is 2. The zero-order valence-electron chi connectivity index (χ0n) is 22.9. The Bertz CT molecular complexity index is 1890. The summed E-state index contributed by atoms with van der Waals surface area (Å²) in [6.45, 7) is 4.35. The fourth-order valence-electron chi connectivity index (χ4n) is 5.45. The zero-order chi connectivity index (χ0) is 28.5. The first-order valence-corrected chi connectivity index (χ1v) is 15.6. The van der Waals surface area contributed by atoms with Crippen LogP contribution in [0.2, 0.25) is 0 Å². The summed E-state index contributed by atoms with van der Waals surface area (Å²) in [5.74, 6) is 0.975. The number of thiazole rings is 2. The third-order valence-electron chi connectivity index (χ3n) is 7.60. The van der Waals surface area contributed by atoms with E-state index in [-0.39, 0.29) is 5.56 Å². The Balaban J connectivity index is 1.25. The Kier molecular flexibility index (Phi) is 7.28. The van der Waals surface area contributed by atoms with E-state index in [0.717, 1.165) is 51.0 Å². The van der Waals surface area contributed by atoms with Gasteiger partial charge in [-0.3, -0.25) is 19.3 Å². The van der Waals surface area contributed by atoms with Crippen molar-refractivity contribution in [1.29, 1.82) is 0 Å². The lowest BCUT2D eigenvalue weighted by Gasteiger charge is -2.23. The molecule has 42 heavy (non-hydrogen) atoms. The van der Waals surface area contributed by atoms with Crippen molar-refractivity contribution in [2.45, 2.75) is 32.2 Å². The van der Waals surface area contributed by atoms with Crippen LogP contribution in [0.25, 0.3) is 32.7 Å². The van der Waals surface area contributed by atoms with Gasteiger partial charge in [0.2, 0.25) is 5.95 Å². The van der Waals surface area contributed by atoms with Crippen molar-refractivity contribution in [2.24, 2.45) is 0 Å². The Labute approximate surface area is 250 Å². The van der Waals surface area contributed by atoms with Crippen molar-refractivity contribution in [1.82, 2.24) is 34.8 Å². The van der Waals surface area contributed by atoms with Gasteiger partial charge < -0.3 is 10.6 Å². The number of nitrogens with zero attached hydrogens (tertiary/aromatic N) is 6. The van der Waals surface area contributed by atoms with Crippen molar-refractivity contribution < 1.29 is 0 Å². The number of aromatic nitrogens is 6. The maximum Gasteiger partial charge on any atom is 0.260 e. The van der Waals surface area contributed by atoms with E-state index in [1.807, 2.05) is 30.5 Å². The topological polar surface area (TPSA) is 111 Å². The molecule has 5 aromatic heterocycles. The highest BCUT2D eigenvalue weighted by Gasteiger charge is 2.18. The maximum absolute atomic E-state index is 14.1. The highest BCUT2D eigenvalue weighted by Crippen LogP contribution is 2.29. The second-order valence-corrected chi connectivity index (χ2v) is 12.2. The van der Waals surface area contributed by atoms with E-state index < -0.39 is 0 Å². The Morgan fingerprint density at radius 3 is 2.69 bits per heavy atom. The molecule has 9 nitrogen and oxygen atoms in total. The number of nitrogens with one attached hydrogen (secondary N) is 2. The Morgan fingerprint density at radius 1 is 1.05 bits per heavy atom. The van der Waals surface area contributed by atoms with E-state index in [2.05, 4.69) is 49.9 Å². The molecule has 0 saturated carbocycles. The molecule has 6 aromatic rings. The Hall–Kier alpha value is -4.32. The molecule has 0 aliphatic carbocycles. The van der Waals surface area contributed by atoms with E-state index >= 15 is 0 Å². The number of hydrogen-bond acceptors (Lipinski definition) is 10. The molecule has 1 aliphatic rings. The molecule has 1 aromatic carbocycles. The molecule has 0 bridgehead atoms. The third-order valence-corrected chi connectivity index (χ3v) is 9.16. The van der Waals surface area contributed by atoms with E-state index in [1.165, 1.54) is 41.1 Å². The van der Waals surface area contributed by atoms with Crippen LogP contribution in [0.4, 0.5) is 11.6 Å². The molecule has 1 saturated heterocycles. The molecule has 0 radical (unpaired) electrons. The van der Waals surface area contributed by atoms with Crippen LogP contribution in [0.3, 0.4) is 0 Å². The molecule has 11 heteroatoms. The van der Waals surface area contributed by atoms with Crippen molar-refractivity contribution in [3.05, 3.63) is 98.6 Å². The molecule has 1 atom stereocenters. The SMILES string of the molecule is Cc1nc(-c2cncs2)ccc1-c1cc2cnc(Nc3ccc(C4CCCNC4)cc3)nc2n(Cc2nccs2)c1=O. The zero-order valence-corrected chi connectivity index (χ0v) is 24.6. The molecule has 1 aliphatic heterocycles. The van der Waals surface area contributed by atoms with Crippen LogP contribution in [-0.2, 0) is 6.54 Å². The lowest BCUT2D eigenvalue weighted by molar-refractivity contribution is 0.461. The van der Waals surface area contributed by atoms with Gasteiger partial charge in [-0.2, -0.15) is 4.98 Å². The summed E-state index contributed by atoms with van der Waals surface area (Å²) < 4.78 is 1.69. The number of piperidine rings is 1. The van der Waals surface area contributed by atoms with Gasteiger partial charge in [0.25, 0.3) is 5.56 Å². The van der Waals surface area contributed by atoms with Crippen molar-refractivity contribution in [3.8, 4) is 21.7 Å². The van der Waals surface area contributed by atoms with Gasteiger partial charge in [-0.15, -0.1) is 22.7 Å². The second kappa shape index (κ2) is 11.5. The average Bonchev–Trinajstić information content (AvgIpc) is 3.75. The normalized spacial score (nSPS) is 15.2. The summed E-state index contributed by atoms with van der Waals surface area (Å²) in [7, 11) is 0. The summed E-state index contributed by atoms with van der Waals surface area (Å²) in [5.41, 5.74) is 7.35. The predicted octanol–water partition coefficient (Wildman–Crippen LogP) is 6.00. The van der Waals surface area contributed by atoms with Gasteiger partial charge in [-0.25, -0.2) is 9.97 Å². The first-order valence-electron chi connectivity index (χ1n) is 13.9. The average molecular weight is 593 g/mol.